The highest BCUT2D eigenvalue weighted by atomic mass is 79.9. The summed E-state index contributed by atoms with van der Waals surface area (Å²) in [4.78, 5) is 3.86. The molecule has 0 spiro atoms. The van der Waals surface area contributed by atoms with Gasteiger partial charge in [-0.3, -0.25) is 5.26 Å². The lowest BCUT2D eigenvalue weighted by atomic mass is 10.4. The van der Waals surface area contributed by atoms with Crippen LogP contribution in [0.1, 0.15) is 5.56 Å². The average molecular weight is 193 g/mol. The smallest absolute Gasteiger partial charge is 0.169 e. The first-order valence-electron chi connectivity index (χ1n) is 2.32. The van der Waals surface area contributed by atoms with E-state index in [1.54, 1.807) is 6.07 Å². The Labute approximate surface area is 60.3 Å². The minimum absolute atomic E-state index is 0.162. The minimum Gasteiger partial charge on any atom is -0.457 e. The average Bonchev–Trinajstić information content (AvgIpc) is 2.17. The van der Waals surface area contributed by atoms with E-state index in [2.05, 4.69) is 20.8 Å². The highest BCUT2D eigenvalue weighted by Gasteiger charge is 1.96. The maximum Gasteiger partial charge on any atom is 0.169 e. The Balaban J connectivity index is 2.61. The van der Waals surface area contributed by atoms with Gasteiger partial charge >= 0.3 is 0 Å². The van der Waals surface area contributed by atoms with Gasteiger partial charge in [0.1, 0.15) is 6.61 Å². The highest BCUT2D eigenvalue weighted by Crippen LogP contribution is 2.13. The Morgan fingerprint density at radius 1 is 1.78 bits per heavy atom. The number of halogens is 1. The topological polar surface area (TPSA) is 42.6 Å². The summed E-state index contributed by atoms with van der Waals surface area (Å²) in [6.07, 6.45) is 1.50. The van der Waals surface area contributed by atoms with Gasteiger partial charge in [0.2, 0.25) is 0 Å². The molecule has 1 aromatic heterocycles. The summed E-state index contributed by atoms with van der Waals surface area (Å²) in [5.41, 5.74) is 0.796. The monoisotopic (exact) mass is 192 g/mol. The molecule has 1 heterocycles. The molecule has 1 rings (SSSR count). The van der Waals surface area contributed by atoms with Crippen LogP contribution >= 0.6 is 15.9 Å². The van der Waals surface area contributed by atoms with Gasteiger partial charge in [-0.1, -0.05) is 0 Å². The molecule has 0 amide bonds. The molecule has 1 aromatic rings. The van der Waals surface area contributed by atoms with Crippen LogP contribution in [0.15, 0.2) is 21.4 Å². The van der Waals surface area contributed by atoms with Crippen LogP contribution < -0.4 is 0 Å². The van der Waals surface area contributed by atoms with Crippen molar-refractivity contribution >= 4 is 15.9 Å². The van der Waals surface area contributed by atoms with Crippen LogP contribution in [0, 0.1) is 0 Å². The van der Waals surface area contributed by atoms with E-state index in [0.717, 1.165) is 5.56 Å². The quantitative estimate of drug-likeness (QED) is 0.577. The van der Waals surface area contributed by atoms with Gasteiger partial charge in [-0.15, -0.1) is 0 Å². The lowest BCUT2D eigenvalue weighted by Gasteiger charge is -1.85. The van der Waals surface area contributed by atoms with Gasteiger partial charge in [0.15, 0.2) is 4.67 Å². The molecule has 0 saturated heterocycles. The third kappa shape index (κ3) is 1.82. The van der Waals surface area contributed by atoms with Crippen molar-refractivity contribution in [3.63, 3.8) is 0 Å². The zero-order valence-corrected chi connectivity index (χ0v) is 6.09. The third-order valence-electron chi connectivity index (χ3n) is 0.853. The lowest BCUT2D eigenvalue weighted by molar-refractivity contribution is -0.253. The molecule has 50 valence electrons. The summed E-state index contributed by atoms with van der Waals surface area (Å²) in [6.45, 7) is 0.162. The van der Waals surface area contributed by atoms with E-state index < -0.39 is 0 Å². The highest BCUT2D eigenvalue weighted by molar-refractivity contribution is 9.10. The zero-order valence-electron chi connectivity index (χ0n) is 4.50. The van der Waals surface area contributed by atoms with Crippen LogP contribution in [-0.2, 0) is 11.5 Å². The Morgan fingerprint density at radius 3 is 3.00 bits per heavy atom. The SMILES string of the molecule is OOCc1coc(Br)c1. The molecule has 0 atom stereocenters. The van der Waals surface area contributed by atoms with Crippen molar-refractivity contribution in [2.24, 2.45) is 0 Å². The first kappa shape index (κ1) is 6.80. The first-order chi connectivity index (χ1) is 4.33. The predicted octanol–water partition coefficient (Wildman–Crippen LogP) is 2.03. The standard InChI is InChI=1S/C5H5BrO3/c6-5-1-4(2-8-5)3-9-7/h1-2,7H,3H2. The zero-order chi connectivity index (χ0) is 6.69. The number of hydrogen-bond acceptors (Lipinski definition) is 3. The molecule has 0 saturated carbocycles. The Bertz CT molecular complexity index is 184. The van der Waals surface area contributed by atoms with E-state index in [1.165, 1.54) is 6.26 Å². The van der Waals surface area contributed by atoms with E-state index in [-0.39, 0.29) is 6.61 Å². The van der Waals surface area contributed by atoms with Crippen LogP contribution in [0.4, 0.5) is 0 Å². The summed E-state index contributed by atoms with van der Waals surface area (Å²) in [6, 6.07) is 1.72. The Hall–Kier alpha value is -0.320. The van der Waals surface area contributed by atoms with Crippen molar-refractivity contribution < 1.29 is 14.6 Å². The normalized spacial score (nSPS) is 10.0. The number of furan rings is 1. The van der Waals surface area contributed by atoms with E-state index in [4.69, 9.17) is 9.67 Å². The molecule has 9 heavy (non-hydrogen) atoms. The molecule has 0 bridgehead atoms. The summed E-state index contributed by atoms with van der Waals surface area (Å²) in [5, 5.41) is 7.97. The predicted molar refractivity (Wildman–Crippen MR) is 33.8 cm³/mol. The molecule has 4 heteroatoms. The fourth-order valence-corrected chi connectivity index (χ4v) is 0.883. The molecule has 0 aliphatic carbocycles. The van der Waals surface area contributed by atoms with Crippen molar-refractivity contribution in [2.75, 3.05) is 0 Å². The molecule has 1 N–H and O–H groups in total. The van der Waals surface area contributed by atoms with E-state index in [1.807, 2.05) is 0 Å². The van der Waals surface area contributed by atoms with Crippen molar-refractivity contribution in [3.8, 4) is 0 Å². The maximum absolute atomic E-state index is 7.97. The van der Waals surface area contributed by atoms with Crippen molar-refractivity contribution in [1.29, 1.82) is 0 Å². The molecule has 0 unspecified atom stereocenters. The van der Waals surface area contributed by atoms with Gasteiger partial charge in [0, 0.05) is 5.56 Å². The molecule has 0 aromatic carbocycles. The minimum atomic E-state index is 0.162. The molecule has 0 aliphatic rings. The van der Waals surface area contributed by atoms with Crippen molar-refractivity contribution in [3.05, 3.63) is 22.6 Å². The van der Waals surface area contributed by atoms with Crippen LogP contribution in [-0.4, -0.2) is 5.26 Å². The third-order valence-corrected chi connectivity index (χ3v) is 1.27. The lowest BCUT2D eigenvalue weighted by Crippen LogP contribution is -1.82. The summed E-state index contributed by atoms with van der Waals surface area (Å²) < 4.78 is 5.48. The second-order valence-electron chi connectivity index (χ2n) is 1.53. The Kier molecular flexibility index (Phi) is 2.27. The van der Waals surface area contributed by atoms with Crippen molar-refractivity contribution in [2.45, 2.75) is 6.61 Å². The maximum atomic E-state index is 7.97. The van der Waals surface area contributed by atoms with Crippen LogP contribution in [0.2, 0.25) is 0 Å². The number of hydrogen-bond donors (Lipinski definition) is 1. The summed E-state index contributed by atoms with van der Waals surface area (Å²) in [7, 11) is 0. The van der Waals surface area contributed by atoms with E-state index in [0.29, 0.717) is 4.67 Å². The molecule has 3 nitrogen and oxygen atoms in total. The second-order valence-corrected chi connectivity index (χ2v) is 2.31. The second kappa shape index (κ2) is 3.00. The van der Waals surface area contributed by atoms with Crippen LogP contribution in [0.3, 0.4) is 0 Å². The van der Waals surface area contributed by atoms with Gasteiger partial charge in [-0.25, -0.2) is 4.89 Å². The van der Waals surface area contributed by atoms with Gasteiger partial charge in [0.05, 0.1) is 6.26 Å². The molecule has 0 radical (unpaired) electrons. The fraction of sp³-hybridized carbons (Fsp3) is 0.200. The van der Waals surface area contributed by atoms with Gasteiger partial charge < -0.3 is 4.42 Å². The molecule has 0 fully saturated rings. The first-order valence-corrected chi connectivity index (χ1v) is 3.11. The largest absolute Gasteiger partial charge is 0.457 e. The van der Waals surface area contributed by atoms with E-state index in [9.17, 15) is 0 Å². The van der Waals surface area contributed by atoms with Crippen LogP contribution in [0.5, 0.6) is 0 Å². The van der Waals surface area contributed by atoms with Gasteiger partial charge in [0.25, 0.3) is 0 Å². The molecular weight excluding hydrogens is 188 g/mol. The molecular formula is C5H5BrO3. The summed E-state index contributed by atoms with van der Waals surface area (Å²) >= 11 is 3.10. The molecule has 0 aliphatic heterocycles. The Morgan fingerprint density at radius 2 is 2.56 bits per heavy atom. The van der Waals surface area contributed by atoms with Gasteiger partial charge in [-0.05, 0) is 22.0 Å². The van der Waals surface area contributed by atoms with E-state index >= 15 is 0 Å². The van der Waals surface area contributed by atoms with Crippen LogP contribution in [0.25, 0.3) is 0 Å². The fourth-order valence-electron chi connectivity index (χ4n) is 0.496. The summed E-state index contributed by atoms with van der Waals surface area (Å²) in [5.74, 6) is 0. The number of rotatable bonds is 2. The van der Waals surface area contributed by atoms with Crippen molar-refractivity contribution in [1.82, 2.24) is 0 Å². The van der Waals surface area contributed by atoms with Gasteiger partial charge in [-0.2, -0.15) is 0 Å².